The monoisotopic (exact) mass is 403 g/mol. The Balaban J connectivity index is 1.75. The molecule has 5 rings (SSSR count). The van der Waals surface area contributed by atoms with Crippen molar-refractivity contribution in [3.63, 3.8) is 0 Å². The van der Waals surface area contributed by atoms with Crippen LogP contribution >= 0.6 is 0 Å². The Labute approximate surface area is 170 Å². The van der Waals surface area contributed by atoms with Gasteiger partial charge in [-0.2, -0.15) is 10.2 Å². The molecule has 2 aromatic carbocycles. The van der Waals surface area contributed by atoms with Crippen LogP contribution in [0, 0.1) is 5.82 Å². The van der Waals surface area contributed by atoms with Crippen LogP contribution in [-0.2, 0) is 6.54 Å². The normalized spacial score (nSPS) is 17.9. The molecular formula is C21H18FN7O. The summed E-state index contributed by atoms with van der Waals surface area (Å²) in [6.07, 6.45) is 3.19. The molecule has 8 nitrogen and oxygen atoms in total. The number of aromatic nitrogens is 5. The molecule has 3 heterocycles. The van der Waals surface area contributed by atoms with E-state index in [0.29, 0.717) is 22.6 Å². The highest BCUT2D eigenvalue weighted by Gasteiger charge is 2.34. The third-order valence-electron chi connectivity index (χ3n) is 5.36. The second kappa shape index (κ2) is 7.27. The third-order valence-corrected chi connectivity index (χ3v) is 5.36. The van der Waals surface area contributed by atoms with Gasteiger partial charge >= 0.3 is 0 Å². The predicted octanol–water partition coefficient (Wildman–Crippen LogP) is 2.53. The smallest absolute Gasteiger partial charge is 0.272 e. The number of aromatic amines is 2. The van der Waals surface area contributed by atoms with Gasteiger partial charge in [-0.1, -0.05) is 24.3 Å². The molecule has 0 spiro atoms. The summed E-state index contributed by atoms with van der Waals surface area (Å²) in [6.45, 7) is 0.761. The summed E-state index contributed by atoms with van der Waals surface area (Å²) in [5, 5.41) is 17.6. The maximum atomic E-state index is 14.2. The van der Waals surface area contributed by atoms with Crippen molar-refractivity contribution in [3.05, 3.63) is 81.5 Å². The first-order valence-corrected chi connectivity index (χ1v) is 9.50. The van der Waals surface area contributed by atoms with E-state index in [2.05, 4.69) is 35.7 Å². The lowest BCUT2D eigenvalue weighted by atomic mass is 9.83. The van der Waals surface area contributed by atoms with Gasteiger partial charge in [0.05, 0.1) is 22.7 Å². The fourth-order valence-corrected chi connectivity index (χ4v) is 4.02. The van der Waals surface area contributed by atoms with Gasteiger partial charge in [-0.3, -0.25) is 14.9 Å². The number of nitrogens with zero attached hydrogens (tertiary/aromatic N) is 4. The second-order valence-electron chi connectivity index (χ2n) is 7.21. The SMILES string of the molecule is CNCc1ccc(C2C=Nc3cc(F)cc4c(=O)[nH]nc(c34)C2c2ncn[nH]2)cc1. The number of aliphatic imine (C=N–C) groups is 1. The van der Waals surface area contributed by atoms with Crippen LogP contribution in [0.25, 0.3) is 10.8 Å². The molecule has 0 saturated heterocycles. The maximum absolute atomic E-state index is 14.2. The first kappa shape index (κ1) is 18.3. The Kier molecular flexibility index (Phi) is 4.44. The first-order chi connectivity index (χ1) is 14.7. The molecule has 9 heteroatoms. The molecule has 0 fully saturated rings. The Hall–Kier alpha value is -3.72. The van der Waals surface area contributed by atoms with Crippen LogP contribution in [0.3, 0.4) is 0 Å². The van der Waals surface area contributed by atoms with Gasteiger partial charge in [0.1, 0.15) is 18.0 Å². The minimum Gasteiger partial charge on any atom is -0.316 e. The van der Waals surface area contributed by atoms with Crippen molar-refractivity contribution < 1.29 is 4.39 Å². The predicted molar refractivity (Wildman–Crippen MR) is 111 cm³/mol. The van der Waals surface area contributed by atoms with E-state index in [4.69, 9.17) is 0 Å². The summed E-state index contributed by atoms with van der Waals surface area (Å²) in [7, 11) is 1.90. The van der Waals surface area contributed by atoms with Gasteiger partial charge in [0.2, 0.25) is 0 Å². The third kappa shape index (κ3) is 3.00. The zero-order valence-corrected chi connectivity index (χ0v) is 16.1. The number of H-pyrrole nitrogens is 2. The fourth-order valence-electron chi connectivity index (χ4n) is 4.02. The van der Waals surface area contributed by atoms with E-state index in [1.807, 2.05) is 31.3 Å². The summed E-state index contributed by atoms with van der Waals surface area (Å²) in [5.41, 5.74) is 2.62. The Morgan fingerprint density at radius 2 is 2.00 bits per heavy atom. The van der Waals surface area contributed by atoms with Crippen LogP contribution in [0.4, 0.5) is 10.1 Å². The van der Waals surface area contributed by atoms with E-state index >= 15 is 0 Å². The minimum atomic E-state index is -0.525. The minimum absolute atomic E-state index is 0.210. The summed E-state index contributed by atoms with van der Waals surface area (Å²) < 4.78 is 14.2. The average Bonchev–Trinajstić information content (AvgIpc) is 3.22. The zero-order chi connectivity index (χ0) is 20.7. The van der Waals surface area contributed by atoms with Crippen LogP contribution in [0.5, 0.6) is 0 Å². The lowest BCUT2D eigenvalue weighted by molar-refractivity contribution is 0.629. The molecule has 3 N–H and O–H groups in total. The van der Waals surface area contributed by atoms with Crippen LogP contribution in [-0.4, -0.2) is 38.6 Å². The molecule has 1 aliphatic rings. The molecule has 1 aliphatic heterocycles. The van der Waals surface area contributed by atoms with E-state index in [1.54, 1.807) is 6.21 Å². The van der Waals surface area contributed by atoms with Gasteiger partial charge in [-0.25, -0.2) is 14.5 Å². The topological polar surface area (TPSA) is 112 Å². The van der Waals surface area contributed by atoms with Crippen molar-refractivity contribution >= 4 is 22.7 Å². The highest BCUT2D eigenvalue weighted by Crippen LogP contribution is 2.42. The summed E-state index contributed by atoms with van der Waals surface area (Å²) in [5.74, 6) is -0.580. The Morgan fingerprint density at radius 3 is 2.73 bits per heavy atom. The van der Waals surface area contributed by atoms with Crippen molar-refractivity contribution in [2.75, 3.05) is 7.05 Å². The van der Waals surface area contributed by atoms with E-state index in [0.717, 1.165) is 17.7 Å². The second-order valence-corrected chi connectivity index (χ2v) is 7.21. The van der Waals surface area contributed by atoms with E-state index < -0.39 is 17.3 Å². The molecule has 30 heavy (non-hydrogen) atoms. The Morgan fingerprint density at radius 1 is 1.17 bits per heavy atom. The highest BCUT2D eigenvalue weighted by atomic mass is 19.1. The largest absolute Gasteiger partial charge is 0.316 e. The number of hydrogen-bond donors (Lipinski definition) is 3. The molecule has 2 unspecified atom stereocenters. The first-order valence-electron chi connectivity index (χ1n) is 9.50. The van der Waals surface area contributed by atoms with E-state index in [-0.39, 0.29) is 11.3 Å². The molecule has 0 radical (unpaired) electrons. The Bertz CT molecular complexity index is 1300. The van der Waals surface area contributed by atoms with Crippen molar-refractivity contribution in [3.8, 4) is 0 Å². The summed E-state index contributed by atoms with van der Waals surface area (Å²) >= 11 is 0. The van der Waals surface area contributed by atoms with Crippen LogP contribution in [0.1, 0.15) is 34.5 Å². The van der Waals surface area contributed by atoms with Gasteiger partial charge in [-0.05, 0) is 24.2 Å². The molecule has 2 atom stereocenters. The molecule has 2 aromatic heterocycles. The molecule has 0 bridgehead atoms. The fraction of sp³-hybridized carbons (Fsp3) is 0.190. The molecule has 150 valence electrons. The number of nitrogens with one attached hydrogen (secondary N) is 3. The zero-order valence-electron chi connectivity index (χ0n) is 16.1. The van der Waals surface area contributed by atoms with Gasteiger partial charge < -0.3 is 5.32 Å². The van der Waals surface area contributed by atoms with Gasteiger partial charge in [0.25, 0.3) is 5.56 Å². The molecule has 0 saturated carbocycles. The van der Waals surface area contributed by atoms with Crippen molar-refractivity contribution in [1.82, 2.24) is 30.7 Å². The number of benzene rings is 2. The molecule has 4 aromatic rings. The number of halogens is 1. The van der Waals surface area contributed by atoms with Gasteiger partial charge in [-0.15, -0.1) is 0 Å². The van der Waals surface area contributed by atoms with E-state index in [1.165, 1.54) is 18.5 Å². The molecule has 0 amide bonds. The van der Waals surface area contributed by atoms with E-state index in [9.17, 15) is 9.18 Å². The van der Waals surface area contributed by atoms with Crippen molar-refractivity contribution in [2.24, 2.45) is 4.99 Å². The maximum Gasteiger partial charge on any atom is 0.272 e. The van der Waals surface area contributed by atoms with Gasteiger partial charge in [0.15, 0.2) is 0 Å². The number of hydrogen-bond acceptors (Lipinski definition) is 6. The van der Waals surface area contributed by atoms with Crippen molar-refractivity contribution in [2.45, 2.75) is 18.4 Å². The average molecular weight is 403 g/mol. The van der Waals surface area contributed by atoms with Gasteiger partial charge in [0, 0.05) is 30.1 Å². The molecule has 0 aliphatic carbocycles. The summed E-state index contributed by atoms with van der Waals surface area (Å²) in [6, 6.07) is 10.7. The standard InChI is InChI=1S/C21H18FN7O/c1-23-8-11-2-4-12(5-3-11)15-9-24-16-7-13(22)6-14-17(16)19(27-29-21(14)30)18(15)20-25-10-26-28-20/h2-7,9-10,15,18,23H,8H2,1H3,(H,29,30)(H,25,26,28). The highest BCUT2D eigenvalue weighted by molar-refractivity contribution is 5.97. The van der Waals surface area contributed by atoms with Crippen molar-refractivity contribution in [1.29, 1.82) is 0 Å². The lowest BCUT2D eigenvalue weighted by Crippen LogP contribution is -2.20. The summed E-state index contributed by atoms with van der Waals surface area (Å²) in [4.78, 5) is 21.3. The van der Waals surface area contributed by atoms with Crippen LogP contribution in [0.15, 0.2) is 52.5 Å². The van der Waals surface area contributed by atoms with Crippen LogP contribution in [0.2, 0.25) is 0 Å². The lowest BCUT2D eigenvalue weighted by Gasteiger charge is -2.22. The number of rotatable bonds is 4. The molecular weight excluding hydrogens is 385 g/mol. The quantitative estimate of drug-likeness (QED) is 0.485. The van der Waals surface area contributed by atoms with Crippen LogP contribution < -0.4 is 10.9 Å².